The summed E-state index contributed by atoms with van der Waals surface area (Å²) in [4.78, 5) is 14.4. The van der Waals surface area contributed by atoms with Crippen LogP contribution in [0.1, 0.15) is 33.6 Å². The molecule has 0 aromatic heterocycles. The predicted octanol–water partition coefficient (Wildman–Crippen LogP) is 4.73. The van der Waals surface area contributed by atoms with Crippen LogP contribution < -0.4 is 19.7 Å². The second-order valence-corrected chi connectivity index (χ2v) is 6.10. The summed E-state index contributed by atoms with van der Waals surface area (Å²) in [6.07, 6.45) is 1.05. The average Bonchev–Trinajstić information content (AvgIpc) is 2.69. The minimum absolute atomic E-state index is 0.00715. The summed E-state index contributed by atoms with van der Waals surface area (Å²) in [7, 11) is 0. The molecule has 146 valence electrons. The van der Waals surface area contributed by atoms with Gasteiger partial charge in [-0.2, -0.15) is 0 Å². The van der Waals surface area contributed by atoms with Gasteiger partial charge in [-0.05, 0) is 63.6 Å². The molecule has 2 rings (SSSR count). The molecule has 5 heteroatoms. The number of amides is 1. The molecule has 0 fully saturated rings. The van der Waals surface area contributed by atoms with E-state index in [1.54, 1.807) is 0 Å². The fraction of sp³-hybridized carbons (Fsp3) is 0.409. The van der Waals surface area contributed by atoms with E-state index in [0.29, 0.717) is 31.8 Å². The molecule has 27 heavy (non-hydrogen) atoms. The maximum atomic E-state index is 12.1. The highest BCUT2D eigenvalue weighted by atomic mass is 16.5. The Morgan fingerprint density at radius 2 is 1.56 bits per heavy atom. The summed E-state index contributed by atoms with van der Waals surface area (Å²) in [6, 6.07) is 15.5. The van der Waals surface area contributed by atoms with E-state index in [1.165, 1.54) is 5.69 Å². The zero-order chi connectivity index (χ0) is 19.5. The molecule has 0 saturated carbocycles. The summed E-state index contributed by atoms with van der Waals surface area (Å²) in [5.41, 5.74) is 1.98. The normalized spacial score (nSPS) is 10.3. The van der Waals surface area contributed by atoms with Gasteiger partial charge < -0.3 is 19.7 Å². The molecule has 0 spiro atoms. The SMILES string of the molecule is CCOc1ccccc1OCCCC(=O)Nc1ccc(N(CC)CC)cc1. The summed E-state index contributed by atoms with van der Waals surface area (Å²) >= 11 is 0. The summed E-state index contributed by atoms with van der Waals surface area (Å²) in [6.45, 7) is 9.20. The molecule has 0 aliphatic carbocycles. The number of anilines is 2. The molecular formula is C22H30N2O3. The maximum Gasteiger partial charge on any atom is 0.224 e. The molecule has 2 aromatic rings. The maximum absolute atomic E-state index is 12.1. The minimum atomic E-state index is -0.00715. The molecule has 0 bridgehead atoms. The van der Waals surface area contributed by atoms with Crippen LogP contribution >= 0.6 is 0 Å². The smallest absolute Gasteiger partial charge is 0.224 e. The van der Waals surface area contributed by atoms with E-state index in [9.17, 15) is 4.79 Å². The van der Waals surface area contributed by atoms with Crippen LogP contribution in [0, 0.1) is 0 Å². The molecule has 1 N–H and O–H groups in total. The number of nitrogens with one attached hydrogen (secondary N) is 1. The third-order valence-corrected chi connectivity index (χ3v) is 4.23. The van der Waals surface area contributed by atoms with E-state index < -0.39 is 0 Å². The number of hydrogen-bond donors (Lipinski definition) is 1. The Bertz CT molecular complexity index is 697. The van der Waals surface area contributed by atoms with Crippen molar-refractivity contribution in [1.29, 1.82) is 0 Å². The lowest BCUT2D eigenvalue weighted by Gasteiger charge is -2.21. The number of carbonyl (C=O) groups is 1. The van der Waals surface area contributed by atoms with Crippen molar-refractivity contribution in [3.8, 4) is 11.5 Å². The zero-order valence-corrected chi connectivity index (χ0v) is 16.5. The molecule has 0 radical (unpaired) electrons. The van der Waals surface area contributed by atoms with Gasteiger partial charge in [0.05, 0.1) is 13.2 Å². The summed E-state index contributed by atoms with van der Waals surface area (Å²) in [5.74, 6) is 1.44. The second-order valence-electron chi connectivity index (χ2n) is 6.10. The van der Waals surface area contributed by atoms with Crippen LogP contribution in [0.5, 0.6) is 11.5 Å². The molecule has 0 aliphatic heterocycles. The first-order valence-electron chi connectivity index (χ1n) is 9.67. The minimum Gasteiger partial charge on any atom is -0.490 e. The lowest BCUT2D eigenvalue weighted by atomic mass is 10.2. The van der Waals surface area contributed by atoms with E-state index in [0.717, 1.165) is 24.5 Å². The number of nitrogens with zero attached hydrogens (tertiary/aromatic N) is 1. The Morgan fingerprint density at radius 3 is 2.15 bits per heavy atom. The highest BCUT2D eigenvalue weighted by molar-refractivity contribution is 5.90. The van der Waals surface area contributed by atoms with Crippen molar-refractivity contribution in [3.05, 3.63) is 48.5 Å². The third-order valence-electron chi connectivity index (χ3n) is 4.23. The van der Waals surface area contributed by atoms with Crippen molar-refractivity contribution in [1.82, 2.24) is 0 Å². The molecule has 0 aliphatic rings. The van der Waals surface area contributed by atoms with Crippen LogP contribution in [0.15, 0.2) is 48.5 Å². The van der Waals surface area contributed by atoms with Crippen molar-refractivity contribution in [3.63, 3.8) is 0 Å². The van der Waals surface area contributed by atoms with Crippen molar-refractivity contribution in [2.24, 2.45) is 0 Å². The Balaban J connectivity index is 1.75. The standard InChI is InChI=1S/C22H30N2O3/c1-4-24(5-2)19-15-13-18(14-16-19)23-22(25)12-9-17-27-21-11-8-7-10-20(21)26-6-3/h7-8,10-11,13-16H,4-6,9,12,17H2,1-3H3,(H,23,25). The van der Waals surface area contributed by atoms with Crippen molar-refractivity contribution in [2.75, 3.05) is 36.5 Å². The lowest BCUT2D eigenvalue weighted by molar-refractivity contribution is -0.116. The number of benzene rings is 2. The van der Waals surface area contributed by atoms with Crippen LogP contribution in [0.3, 0.4) is 0 Å². The molecule has 0 saturated heterocycles. The Hall–Kier alpha value is -2.69. The lowest BCUT2D eigenvalue weighted by Crippen LogP contribution is -2.21. The van der Waals surface area contributed by atoms with Gasteiger partial charge in [0.1, 0.15) is 0 Å². The fourth-order valence-corrected chi connectivity index (χ4v) is 2.83. The molecular weight excluding hydrogens is 340 g/mol. The van der Waals surface area contributed by atoms with Crippen molar-refractivity contribution >= 4 is 17.3 Å². The van der Waals surface area contributed by atoms with Crippen LogP contribution in [-0.4, -0.2) is 32.2 Å². The zero-order valence-electron chi connectivity index (χ0n) is 16.5. The Morgan fingerprint density at radius 1 is 0.926 bits per heavy atom. The number of para-hydroxylation sites is 2. The first-order chi connectivity index (χ1) is 13.2. The average molecular weight is 370 g/mol. The number of hydrogen-bond acceptors (Lipinski definition) is 4. The second kappa shape index (κ2) is 11.1. The van der Waals surface area contributed by atoms with E-state index in [-0.39, 0.29) is 5.91 Å². The number of carbonyl (C=O) groups excluding carboxylic acids is 1. The van der Waals surface area contributed by atoms with Gasteiger partial charge in [-0.25, -0.2) is 0 Å². The van der Waals surface area contributed by atoms with Crippen molar-refractivity contribution in [2.45, 2.75) is 33.6 Å². The predicted molar refractivity (Wildman–Crippen MR) is 111 cm³/mol. The van der Waals surface area contributed by atoms with Crippen LogP contribution in [0.25, 0.3) is 0 Å². The van der Waals surface area contributed by atoms with Crippen LogP contribution in [0.2, 0.25) is 0 Å². The largest absolute Gasteiger partial charge is 0.490 e. The van der Waals surface area contributed by atoms with Gasteiger partial charge in [0.2, 0.25) is 5.91 Å². The van der Waals surface area contributed by atoms with Crippen LogP contribution in [0.4, 0.5) is 11.4 Å². The topological polar surface area (TPSA) is 50.8 Å². The van der Waals surface area contributed by atoms with Gasteiger partial charge in [-0.15, -0.1) is 0 Å². The molecule has 5 nitrogen and oxygen atoms in total. The van der Waals surface area contributed by atoms with Crippen molar-refractivity contribution < 1.29 is 14.3 Å². The van der Waals surface area contributed by atoms with E-state index in [2.05, 4.69) is 24.1 Å². The fourth-order valence-electron chi connectivity index (χ4n) is 2.83. The van der Waals surface area contributed by atoms with Gasteiger partial charge in [-0.1, -0.05) is 12.1 Å². The third kappa shape index (κ3) is 6.51. The van der Waals surface area contributed by atoms with Gasteiger partial charge in [-0.3, -0.25) is 4.79 Å². The Kier molecular flexibility index (Phi) is 8.49. The molecule has 2 aromatic carbocycles. The van der Waals surface area contributed by atoms with Gasteiger partial charge in [0.15, 0.2) is 11.5 Å². The van der Waals surface area contributed by atoms with E-state index >= 15 is 0 Å². The summed E-state index contributed by atoms with van der Waals surface area (Å²) in [5, 5.41) is 2.94. The number of rotatable bonds is 11. The summed E-state index contributed by atoms with van der Waals surface area (Å²) < 4.78 is 11.3. The molecule has 0 heterocycles. The molecule has 0 atom stereocenters. The first-order valence-corrected chi connectivity index (χ1v) is 9.67. The van der Waals surface area contributed by atoms with Crippen LogP contribution in [-0.2, 0) is 4.79 Å². The van der Waals surface area contributed by atoms with Gasteiger partial charge in [0, 0.05) is 30.9 Å². The molecule has 1 amide bonds. The number of ether oxygens (including phenoxy) is 2. The monoisotopic (exact) mass is 370 g/mol. The highest BCUT2D eigenvalue weighted by Gasteiger charge is 2.06. The quantitative estimate of drug-likeness (QED) is 0.581. The van der Waals surface area contributed by atoms with Gasteiger partial charge in [0.25, 0.3) is 0 Å². The highest BCUT2D eigenvalue weighted by Crippen LogP contribution is 2.26. The van der Waals surface area contributed by atoms with Gasteiger partial charge >= 0.3 is 0 Å². The Labute approximate surface area is 162 Å². The first kappa shape index (κ1) is 20.6. The molecule has 0 unspecified atom stereocenters. The van der Waals surface area contributed by atoms with E-state index in [4.69, 9.17) is 9.47 Å². The van der Waals surface area contributed by atoms with E-state index in [1.807, 2.05) is 55.5 Å².